The monoisotopic (exact) mass is 320 g/mol. The van der Waals surface area contributed by atoms with Crippen LogP contribution >= 0.6 is 0 Å². The number of piperidine rings is 1. The number of hydrogen-bond acceptors (Lipinski definition) is 5. The lowest BCUT2D eigenvalue weighted by atomic mass is 10.1. The molecule has 0 unspecified atom stereocenters. The molecule has 2 aliphatic rings. The fraction of sp³-hybridized carbons (Fsp3) is 0.688. The van der Waals surface area contributed by atoms with E-state index in [0.29, 0.717) is 24.7 Å². The molecule has 1 aromatic rings. The smallest absolute Gasteiger partial charge is 0.255 e. The molecule has 23 heavy (non-hydrogen) atoms. The number of nitrogens with one attached hydrogen (secondary N) is 2. The Morgan fingerprint density at radius 1 is 1.35 bits per heavy atom. The normalized spacial score (nSPS) is 24.7. The molecule has 0 bridgehead atoms. The summed E-state index contributed by atoms with van der Waals surface area (Å²) in [4.78, 5) is 33.5. The molecule has 2 fully saturated rings. The maximum atomic E-state index is 12.2. The van der Waals surface area contributed by atoms with Gasteiger partial charge >= 0.3 is 0 Å². The highest BCUT2D eigenvalue weighted by atomic mass is 16.5. The Morgan fingerprint density at radius 3 is 2.87 bits per heavy atom. The Bertz CT molecular complexity index is 637. The van der Waals surface area contributed by atoms with Crippen LogP contribution < -0.4 is 15.8 Å². The van der Waals surface area contributed by atoms with E-state index in [4.69, 9.17) is 4.74 Å². The fourth-order valence-electron chi connectivity index (χ4n) is 3.15. The SMILES string of the molecule is Cc1nc(N2CCC[C@H](NC(=O)[C@@H]3CCCO3)C2)[nH]c(=O)c1C. The fourth-order valence-corrected chi connectivity index (χ4v) is 3.15. The molecule has 2 aliphatic heterocycles. The molecular formula is C16H24N4O3. The number of carbonyl (C=O) groups is 1. The minimum absolute atomic E-state index is 0.0177. The molecule has 2 atom stereocenters. The number of aromatic amines is 1. The van der Waals surface area contributed by atoms with E-state index in [2.05, 4.69) is 15.3 Å². The summed E-state index contributed by atoms with van der Waals surface area (Å²) < 4.78 is 5.43. The Morgan fingerprint density at radius 2 is 2.17 bits per heavy atom. The summed E-state index contributed by atoms with van der Waals surface area (Å²) in [5.74, 6) is 0.574. The first-order valence-corrected chi connectivity index (χ1v) is 8.29. The zero-order chi connectivity index (χ0) is 16.4. The first-order valence-electron chi connectivity index (χ1n) is 8.29. The summed E-state index contributed by atoms with van der Waals surface area (Å²) >= 11 is 0. The summed E-state index contributed by atoms with van der Waals surface area (Å²) in [6, 6.07) is 0.0624. The van der Waals surface area contributed by atoms with Crippen molar-refractivity contribution in [3.8, 4) is 0 Å². The molecule has 126 valence electrons. The molecule has 7 nitrogen and oxygen atoms in total. The first kappa shape index (κ1) is 16.0. The van der Waals surface area contributed by atoms with E-state index in [-0.39, 0.29) is 23.6 Å². The van der Waals surface area contributed by atoms with Crippen molar-refractivity contribution >= 4 is 11.9 Å². The van der Waals surface area contributed by atoms with E-state index in [1.54, 1.807) is 6.92 Å². The molecule has 0 radical (unpaired) electrons. The van der Waals surface area contributed by atoms with Gasteiger partial charge in [0, 0.05) is 37.0 Å². The van der Waals surface area contributed by atoms with Crippen LogP contribution in [-0.4, -0.2) is 47.7 Å². The Hall–Kier alpha value is -1.89. The van der Waals surface area contributed by atoms with Crippen molar-refractivity contribution in [1.29, 1.82) is 0 Å². The number of ether oxygens (including phenoxy) is 1. The van der Waals surface area contributed by atoms with E-state index in [1.807, 2.05) is 11.8 Å². The van der Waals surface area contributed by atoms with Crippen LogP contribution in [0.15, 0.2) is 4.79 Å². The van der Waals surface area contributed by atoms with Gasteiger partial charge in [0.1, 0.15) is 6.10 Å². The van der Waals surface area contributed by atoms with Gasteiger partial charge in [0.2, 0.25) is 11.9 Å². The van der Waals surface area contributed by atoms with Crippen LogP contribution in [0.1, 0.15) is 36.9 Å². The average Bonchev–Trinajstić information content (AvgIpc) is 3.07. The molecule has 0 aliphatic carbocycles. The Balaban J connectivity index is 1.66. The molecule has 0 spiro atoms. The lowest BCUT2D eigenvalue weighted by Crippen LogP contribution is -2.50. The molecule has 3 rings (SSSR count). The largest absolute Gasteiger partial charge is 0.368 e. The summed E-state index contributed by atoms with van der Waals surface area (Å²) in [6.07, 6.45) is 3.33. The van der Waals surface area contributed by atoms with Gasteiger partial charge in [-0.15, -0.1) is 0 Å². The average molecular weight is 320 g/mol. The van der Waals surface area contributed by atoms with E-state index in [0.717, 1.165) is 37.9 Å². The van der Waals surface area contributed by atoms with Gasteiger partial charge in [-0.2, -0.15) is 0 Å². The van der Waals surface area contributed by atoms with Gasteiger partial charge in [-0.05, 0) is 39.5 Å². The number of nitrogens with zero attached hydrogens (tertiary/aromatic N) is 2. The highest BCUT2D eigenvalue weighted by Crippen LogP contribution is 2.17. The van der Waals surface area contributed by atoms with E-state index in [1.165, 1.54) is 0 Å². The van der Waals surface area contributed by atoms with Crippen LogP contribution in [0.4, 0.5) is 5.95 Å². The number of H-pyrrole nitrogens is 1. The maximum Gasteiger partial charge on any atom is 0.255 e. The molecule has 2 saturated heterocycles. The minimum atomic E-state index is -0.301. The van der Waals surface area contributed by atoms with Gasteiger partial charge in [0.05, 0.1) is 0 Å². The van der Waals surface area contributed by atoms with Crippen LogP contribution in [0.5, 0.6) is 0 Å². The Labute approximate surface area is 135 Å². The summed E-state index contributed by atoms with van der Waals surface area (Å²) in [5, 5.41) is 3.08. The molecular weight excluding hydrogens is 296 g/mol. The molecule has 0 saturated carbocycles. The van der Waals surface area contributed by atoms with Crippen LogP contribution in [-0.2, 0) is 9.53 Å². The van der Waals surface area contributed by atoms with E-state index < -0.39 is 0 Å². The number of rotatable bonds is 3. The molecule has 2 N–H and O–H groups in total. The highest BCUT2D eigenvalue weighted by molar-refractivity contribution is 5.81. The predicted octanol–water partition coefficient (Wildman–Crippen LogP) is 0.651. The van der Waals surface area contributed by atoms with Crippen molar-refractivity contribution in [3.63, 3.8) is 0 Å². The number of anilines is 1. The van der Waals surface area contributed by atoms with Crippen molar-refractivity contribution in [2.45, 2.75) is 51.7 Å². The second kappa shape index (κ2) is 6.70. The number of amides is 1. The summed E-state index contributed by atoms with van der Waals surface area (Å²) in [7, 11) is 0. The third kappa shape index (κ3) is 3.55. The zero-order valence-electron chi connectivity index (χ0n) is 13.7. The number of hydrogen-bond donors (Lipinski definition) is 2. The third-order valence-corrected chi connectivity index (χ3v) is 4.67. The molecule has 7 heteroatoms. The van der Waals surface area contributed by atoms with Crippen molar-refractivity contribution in [3.05, 3.63) is 21.6 Å². The molecule has 1 aromatic heterocycles. The van der Waals surface area contributed by atoms with Crippen LogP contribution in [0.3, 0.4) is 0 Å². The quantitative estimate of drug-likeness (QED) is 0.854. The van der Waals surface area contributed by atoms with Gasteiger partial charge in [-0.25, -0.2) is 4.98 Å². The summed E-state index contributed by atoms with van der Waals surface area (Å²) in [5.41, 5.74) is 1.29. The van der Waals surface area contributed by atoms with Crippen molar-refractivity contribution in [2.75, 3.05) is 24.6 Å². The number of aryl methyl sites for hydroxylation is 1. The summed E-state index contributed by atoms with van der Waals surface area (Å²) in [6.45, 7) is 5.77. The minimum Gasteiger partial charge on any atom is -0.368 e. The third-order valence-electron chi connectivity index (χ3n) is 4.67. The van der Waals surface area contributed by atoms with Crippen LogP contribution in [0.2, 0.25) is 0 Å². The van der Waals surface area contributed by atoms with Crippen LogP contribution in [0.25, 0.3) is 0 Å². The molecule has 1 amide bonds. The molecule has 3 heterocycles. The Kier molecular flexibility index (Phi) is 4.66. The van der Waals surface area contributed by atoms with Gasteiger partial charge in [0.15, 0.2) is 0 Å². The van der Waals surface area contributed by atoms with Gasteiger partial charge in [-0.3, -0.25) is 14.6 Å². The molecule has 0 aromatic carbocycles. The first-order chi connectivity index (χ1) is 11.0. The lowest BCUT2D eigenvalue weighted by molar-refractivity contribution is -0.130. The van der Waals surface area contributed by atoms with Crippen molar-refractivity contribution in [2.24, 2.45) is 0 Å². The lowest BCUT2D eigenvalue weighted by Gasteiger charge is -2.34. The van der Waals surface area contributed by atoms with Crippen molar-refractivity contribution in [1.82, 2.24) is 15.3 Å². The zero-order valence-corrected chi connectivity index (χ0v) is 13.7. The van der Waals surface area contributed by atoms with Crippen molar-refractivity contribution < 1.29 is 9.53 Å². The number of aromatic nitrogens is 2. The van der Waals surface area contributed by atoms with E-state index >= 15 is 0 Å². The standard InChI is InChI=1S/C16H24N4O3/c1-10-11(2)17-16(19-14(10)21)20-7-3-5-12(9-20)18-15(22)13-6-4-8-23-13/h12-13H,3-9H2,1-2H3,(H,18,22)(H,17,19,21)/t12-,13-/m0/s1. The highest BCUT2D eigenvalue weighted by Gasteiger charge is 2.28. The predicted molar refractivity (Wildman–Crippen MR) is 86.7 cm³/mol. The second-order valence-electron chi connectivity index (χ2n) is 6.40. The number of carbonyl (C=O) groups excluding carboxylic acids is 1. The maximum absolute atomic E-state index is 12.2. The van der Waals surface area contributed by atoms with Gasteiger partial charge < -0.3 is 15.0 Å². The van der Waals surface area contributed by atoms with Gasteiger partial charge in [-0.1, -0.05) is 0 Å². The van der Waals surface area contributed by atoms with E-state index in [9.17, 15) is 9.59 Å². The van der Waals surface area contributed by atoms with Crippen LogP contribution in [0, 0.1) is 13.8 Å². The second-order valence-corrected chi connectivity index (χ2v) is 6.40. The van der Waals surface area contributed by atoms with Gasteiger partial charge in [0.25, 0.3) is 5.56 Å². The topological polar surface area (TPSA) is 87.3 Å².